The van der Waals surface area contributed by atoms with Crippen LogP contribution in [-0.2, 0) is 4.79 Å². The quantitative estimate of drug-likeness (QED) is 0.540. The van der Waals surface area contributed by atoms with Crippen molar-refractivity contribution in [2.75, 3.05) is 6.61 Å². The van der Waals surface area contributed by atoms with E-state index in [1.54, 1.807) is 0 Å². The average Bonchev–Trinajstić information content (AvgIpc) is 2.54. The second-order valence-corrected chi connectivity index (χ2v) is 4.38. The number of carboxylic acid groups (broad SMARTS) is 1. The number of aliphatic carboxylic acids is 1. The van der Waals surface area contributed by atoms with Gasteiger partial charge in [-0.2, -0.15) is 0 Å². The van der Waals surface area contributed by atoms with Crippen LogP contribution >= 0.6 is 0 Å². The highest BCUT2D eigenvalue weighted by molar-refractivity contribution is 5.82. The first-order valence-corrected chi connectivity index (χ1v) is 6.04. The molecule has 0 aliphatic heterocycles. The summed E-state index contributed by atoms with van der Waals surface area (Å²) in [4.78, 5) is 22.1. The van der Waals surface area contributed by atoms with Crippen molar-refractivity contribution in [1.82, 2.24) is 10.6 Å². The Bertz CT molecular complexity index is 262. The van der Waals surface area contributed by atoms with Crippen LogP contribution in [0.2, 0.25) is 0 Å². The number of aliphatic hydroxyl groups excluding tert-OH is 1. The van der Waals surface area contributed by atoms with Crippen LogP contribution in [0.3, 0.4) is 0 Å². The Kier molecular flexibility index (Phi) is 5.76. The van der Waals surface area contributed by atoms with Crippen LogP contribution in [0.25, 0.3) is 0 Å². The Morgan fingerprint density at radius 3 is 2.24 bits per heavy atom. The van der Waals surface area contributed by atoms with Gasteiger partial charge in [-0.25, -0.2) is 9.59 Å². The van der Waals surface area contributed by atoms with E-state index in [9.17, 15) is 9.59 Å². The lowest BCUT2D eigenvalue weighted by Gasteiger charge is -2.18. The van der Waals surface area contributed by atoms with Crippen LogP contribution < -0.4 is 10.6 Å². The van der Waals surface area contributed by atoms with Crippen LogP contribution in [-0.4, -0.2) is 40.9 Å². The van der Waals surface area contributed by atoms with Crippen LogP contribution in [0, 0.1) is 0 Å². The van der Waals surface area contributed by atoms with Gasteiger partial charge < -0.3 is 20.8 Å². The fourth-order valence-corrected chi connectivity index (χ4v) is 1.99. The molecule has 0 spiro atoms. The number of carboxylic acids is 1. The summed E-state index contributed by atoms with van der Waals surface area (Å²) in [6.45, 7) is -0.604. The molecule has 1 aliphatic carbocycles. The first-order valence-electron chi connectivity index (χ1n) is 6.04. The molecular weight excluding hydrogens is 224 g/mol. The van der Waals surface area contributed by atoms with Crippen molar-refractivity contribution in [1.29, 1.82) is 0 Å². The molecule has 1 atom stereocenters. The van der Waals surface area contributed by atoms with Gasteiger partial charge in [0, 0.05) is 6.04 Å². The number of aliphatic hydroxyl groups is 1. The van der Waals surface area contributed by atoms with E-state index in [2.05, 4.69) is 10.6 Å². The zero-order chi connectivity index (χ0) is 12.7. The molecule has 1 fully saturated rings. The van der Waals surface area contributed by atoms with Crippen molar-refractivity contribution >= 4 is 12.0 Å². The van der Waals surface area contributed by atoms with E-state index in [1.807, 2.05) is 0 Å². The van der Waals surface area contributed by atoms with E-state index in [-0.39, 0.29) is 6.04 Å². The first kappa shape index (κ1) is 13.8. The van der Waals surface area contributed by atoms with E-state index in [0.717, 1.165) is 25.7 Å². The summed E-state index contributed by atoms with van der Waals surface area (Å²) in [6.07, 6.45) is 6.43. The number of carbonyl (C=O) groups excluding carboxylic acids is 1. The number of hydrogen-bond acceptors (Lipinski definition) is 3. The molecule has 0 aromatic heterocycles. The molecular formula is C11H20N2O4. The molecule has 4 N–H and O–H groups in total. The third kappa shape index (κ3) is 5.04. The van der Waals surface area contributed by atoms with Gasteiger partial charge in [0.15, 0.2) is 6.04 Å². The highest BCUT2D eigenvalue weighted by atomic mass is 16.4. The van der Waals surface area contributed by atoms with Crippen LogP contribution in [0.1, 0.15) is 38.5 Å². The fraction of sp³-hybridized carbons (Fsp3) is 0.818. The molecule has 0 aromatic rings. The third-order valence-electron chi connectivity index (χ3n) is 2.98. The summed E-state index contributed by atoms with van der Waals surface area (Å²) in [5.74, 6) is -1.23. The van der Waals surface area contributed by atoms with Crippen molar-refractivity contribution in [3.05, 3.63) is 0 Å². The molecule has 6 nitrogen and oxygen atoms in total. The first-order chi connectivity index (χ1) is 8.13. The van der Waals surface area contributed by atoms with Gasteiger partial charge in [-0.3, -0.25) is 0 Å². The largest absolute Gasteiger partial charge is 0.480 e. The normalized spacial score (nSPS) is 19.1. The lowest BCUT2D eigenvalue weighted by atomic mass is 10.1. The maximum Gasteiger partial charge on any atom is 0.328 e. The lowest BCUT2D eigenvalue weighted by Crippen LogP contribution is -2.50. The Balaban J connectivity index is 2.34. The second-order valence-electron chi connectivity index (χ2n) is 4.38. The minimum absolute atomic E-state index is 0.116. The molecule has 2 amide bonds. The molecule has 0 saturated heterocycles. The van der Waals surface area contributed by atoms with Gasteiger partial charge in [0.2, 0.25) is 0 Å². The number of hydrogen-bond donors (Lipinski definition) is 4. The number of urea groups is 1. The van der Waals surface area contributed by atoms with Gasteiger partial charge >= 0.3 is 12.0 Å². The van der Waals surface area contributed by atoms with Crippen molar-refractivity contribution in [3.63, 3.8) is 0 Å². The summed E-state index contributed by atoms with van der Waals surface area (Å²) in [6, 6.07) is -1.63. The van der Waals surface area contributed by atoms with E-state index in [1.165, 1.54) is 12.8 Å². The molecule has 1 saturated carbocycles. The summed E-state index contributed by atoms with van der Waals surface area (Å²) < 4.78 is 0. The summed E-state index contributed by atoms with van der Waals surface area (Å²) in [7, 11) is 0. The van der Waals surface area contributed by atoms with Gasteiger partial charge in [0.05, 0.1) is 6.61 Å². The topological polar surface area (TPSA) is 98.7 Å². The number of nitrogens with one attached hydrogen (secondary N) is 2. The van der Waals surface area contributed by atoms with E-state index < -0.39 is 24.6 Å². The molecule has 17 heavy (non-hydrogen) atoms. The predicted molar refractivity (Wildman–Crippen MR) is 61.7 cm³/mol. The fourth-order valence-electron chi connectivity index (χ4n) is 1.99. The average molecular weight is 244 g/mol. The molecule has 0 bridgehead atoms. The zero-order valence-electron chi connectivity index (χ0n) is 9.82. The molecule has 1 unspecified atom stereocenters. The minimum atomic E-state index is -1.24. The molecule has 6 heteroatoms. The van der Waals surface area contributed by atoms with Crippen molar-refractivity contribution in [2.45, 2.75) is 50.6 Å². The van der Waals surface area contributed by atoms with Gasteiger partial charge in [-0.05, 0) is 12.8 Å². The molecule has 1 aliphatic rings. The van der Waals surface area contributed by atoms with Gasteiger partial charge in [-0.1, -0.05) is 25.7 Å². The standard InChI is InChI=1S/C11H20N2O4/c14-7-9(10(15)16)13-11(17)12-8-5-3-1-2-4-6-8/h8-9,14H,1-7H2,(H,15,16)(H2,12,13,17). The molecule has 98 valence electrons. The smallest absolute Gasteiger partial charge is 0.328 e. The van der Waals surface area contributed by atoms with Gasteiger partial charge in [-0.15, -0.1) is 0 Å². The van der Waals surface area contributed by atoms with Crippen LogP contribution in [0.5, 0.6) is 0 Å². The van der Waals surface area contributed by atoms with Gasteiger partial charge in [0.25, 0.3) is 0 Å². The van der Waals surface area contributed by atoms with E-state index in [4.69, 9.17) is 10.2 Å². The van der Waals surface area contributed by atoms with E-state index in [0.29, 0.717) is 0 Å². The number of amides is 2. The molecule has 0 radical (unpaired) electrons. The van der Waals surface area contributed by atoms with Crippen molar-refractivity contribution < 1.29 is 19.8 Å². The van der Waals surface area contributed by atoms with Crippen LogP contribution in [0.15, 0.2) is 0 Å². The highest BCUT2D eigenvalue weighted by Gasteiger charge is 2.20. The Morgan fingerprint density at radius 2 is 1.76 bits per heavy atom. The maximum atomic E-state index is 11.5. The third-order valence-corrected chi connectivity index (χ3v) is 2.98. The summed E-state index contributed by atoms with van der Waals surface area (Å²) in [5, 5.41) is 22.4. The lowest BCUT2D eigenvalue weighted by molar-refractivity contribution is -0.140. The Labute approximate surface area is 100 Å². The maximum absolute atomic E-state index is 11.5. The van der Waals surface area contributed by atoms with Crippen molar-refractivity contribution in [3.8, 4) is 0 Å². The monoisotopic (exact) mass is 244 g/mol. The Hall–Kier alpha value is -1.30. The number of rotatable bonds is 4. The van der Waals surface area contributed by atoms with Crippen molar-refractivity contribution in [2.24, 2.45) is 0 Å². The summed E-state index contributed by atoms with van der Waals surface area (Å²) >= 11 is 0. The predicted octanol–water partition coefficient (Wildman–Crippen LogP) is 0.454. The Morgan fingerprint density at radius 1 is 1.18 bits per heavy atom. The SMILES string of the molecule is O=C(NC1CCCCCC1)NC(CO)C(=O)O. The van der Waals surface area contributed by atoms with Gasteiger partial charge in [0.1, 0.15) is 0 Å². The molecule has 1 rings (SSSR count). The molecule has 0 heterocycles. The van der Waals surface area contributed by atoms with E-state index >= 15 is 0 Å². The highest BCUT2D eigenvalue weighted by Crippen LogP contribution is 2.16. The van der Waals surface area contributed by atoms with Crippen LogP contribution in [0.4, 0.5) is 4.79 Å². The zero-order valence-corrected chi connectivity index (χ0v) is 9.82. The molecule has 0 aromatic carbocycles. The second kappa shape index (κ2) is 7.11. The minimum Gasteiger partial charge on any atom is -0.480 e. The summed E-state index contributed by atoms with van der Waals surface area (Å²) in [5.41, 5.74) is 0. The number of carbonyl (C=O) groups is 2.